The van der Waals surface area contributed by atoms with Crippen molar-refractivity contribution < 1.29 is 84.8 Å². The van der Waals surface area contributed by atoms with Gasteiger partial charge in [-0.25, -0.2) is 0 Å². The summed E-state index contributed by atoms with van der Waals surface area (Å²) in [5.41, 5.74) is 1.35. The van der Waals surface area contributed by atoms with E-state index >= 15 is 0 Å². The number of carbonyl (C=O) groups excluding carboxylic acids is 3. The standard InChI is InChI=1S/C71H101IO18SeSi2/c1-20-48(60(77-14)63(90-93(18,19)70(10,11)12)59-44(4)87-71(88-59)34-28-23-29-35-71)36-49-37-50-38-51(39-53(80-41-79-40-47-30-24-21-25-31-47)54(50)61(84-46(6)74)55(49)66(75)78-15)85-68-65(91-52-32-26-22-27-33-52)64(58(43(3)82-68)83-45(5)73)86-67-56(72)62(57(76-13)42(2)81-67)89-92(16,17)69(7,8)9/h20-22,24-27,30-33,37-39,42-44,48,56-60,62-65,67-68H,1,23,28-29,34-36,40-41H2,2-19H3/t42-,43-,44-,48+,56+,57+,58+,59+,60+,62-,63+,64+,65-,67-,68-/m1/s1. The topological polar surface area (TPSA) is 190 Å². The molecule has 4 fully saturated rings. The van der Waals surface area contributed by atoms with E-state index in [2.05, 4.69) is 96.9 Å². The first kappa shape index (κ1) is 75.0. The second kappa shape index (κ2) is 31.8. The maximum atomic E-state index is 14.7. The van der Waals surface area contributed by atoms with Crippen LogP contribution in [0.2, 0.25) is 41.1 Å². The van der Waals surface area contributed by atoms with Crippen molar-refractivity contribution in [2.75, 3.05) is 28.1 Å². The maximum absolute atomic E-state index is 14.7. The molecule has 3 saturated heterocycles. The van der Waals surface area contributed by atoms with E-state index in [1.54, 1.807) is 26.4 Å². The minimum absolute atomic E-state index is 0.00405. The Kier molecular flexibility index (Phi) is 25.6. The third-order valence-electron chi connectivity index (χ3n) is 19.2. The van der Waals surface area contributed by atoms with Gasteiger partial charge >= 0.3 is 434 Å². The van der Waals surface area contributed by atoms with Crippen LogP contribution in [0.5, 0.6) is 17.2 Å². The number of esters is 3. The van der Waals surface area contributed by atoms with Gasteiger partial charge in [-0.05, 0) is 37.9 Å². The Morgan fingerprint density at radius 2 is 1.41 bits per heavy atom. The van der Waals surface area contributed by atoms with Crippen LogP contribution >= 0.6 is 22.6 Å². The second-order valence-corrected chi connectivity index (χ2v) is 41.6. The molecule has 1 saturated carbocycles. The molecule has 1 spiro atoms. The van der Waals surface area contributed by atoms with Crippen molar-refractivity contribution in [2.24, 2.45) is 5.92 Å². The molecular weight excluding hydrogens is 1400 g/mol. The van der Waals surface area contributed by atoms with Gasteiger partial charge in [0.2, 0.25) is 0 Å². The summed E-state index contributed by atoms with van der Waals surface area (Å²) in [6, 6.07) is 25.0. The number of ether oxygens (including phenoxy) is 13. The van der Waals surface area contributed by atoms with Crippen LogP contribution < -0.4 is 18.7 Å². The predicted octanol–water partition coefficient (Wildman–Crippen LogP) is 13.5. The van der Waals surface area contributed by atoms with Crippen molar-refractivity contribution >= 4 is 87.3 Å². The van der Waals surface area contributed by atoms with Crippen LogP contribution in [0, 0.1) is 5.92 Å². The molecule has 4 aromatic carbocycles. The fraction of sp³-hybridized carbons (Fsp3) is 0.620. The SMILES string of the molecule is C=C[C@@H](Cc1cc2cc(O[C@H]3O[C@H](C)[C@H](OC(C)=O)[C@H](O[C@H]4O[C@H](C)[C@H](OC)[C@H](O[Si](C)(C)C(C)(C)C)[C@@H]4I)[C@H]3[Se]c3ccccc3)cc(OCOCc3ccccc3)c2c(OC(C)=O)c1C(=O)OC)[C@H](OC)[C@@H](O[Si](C)(C)C(C)(C)C)[C@H]1OC2(CCCCC2)O[C@@H]1C. The molecule has 4 aromatic rings. The molecule has 3 heterocycles. The molecule has 8 rings (SSSR count). The molecule has 18 nitrogen and oxygen atoms in total. The van der Waals surface area contributed by atoms with Crippen molar-refractivity contribution in [3.05, 3.63) is 108 Å². The van der Waals surface area contributed by atoms with Crippen LogP contribution in [0.1, 0.15) is 130 Å². The molecule has 4 aliphatic rings. The number of carbonyl (C=O) groups is 3. The van der Waals surface area contributed by atoms with E-state index in [-0.39, 0.29) is 68.1 Å². The zero-order valence-corrected chi connectivity index (χ0v) is 63.6. The number of hydrogen-bond donors (Lipinski definition) is 0. The van der Waals surface area contributed by atoms with Crippen molar-refractivity contribution in [1.82, 2.24) is 0 Å². The molecule has 93 heavy (non-hydrogen) atoms. The Morgan fingerprint density at radius 3 is 2.00 bits per heavy atom. The van der Waals surface area contributed by atoms with Crippen LogP contribution in [0.15, 0.2) is 91.5 Å². The fourth-order valence-electron chi connectivity index (χ4n) is 12.4. The Hall–Kier alpha value is -3.83. The minimum atomic E-state index is -2.58. The molecule has 0 N–H and O–H groups in total. The van der Waals surface area contributed by atoms with Gasteiger partial charge in [-0.1, -0.05) is 45.4 Å². The predicted molar refractivity (Wildman–Crippen MR) is 371 cm³/mol. The van der Waals surface area contributed by atoms with Gasteiger partial charge in [-0.2, -0.15) is 0 Å². The molecule has 0 aromatic heterocycles. The first-order valence-corrected chi connectivity index (χ1v) is 41.5. The van der Waals surface area contributed by atoms with E-state index in [1.807, 2.05) is 93.6 Å². The van der Waals surface area contributed by atoms with Gasteiger partial charge in [0.05, 0.1) is 6.10 Å². The van der Waals surface area contributed by atoms with Crippen molar-refractivity contribution in [3.63, 3.8) is 0 Å². The van der Waals surface area contributed by atoms with Gasteiger partial charge in [0.15, 0.2) is 14.1 Å². The average Bonchev–Trinajstić information content (AvgIpc) is 1.26. The van der Waals surface area contributed by atoms with Gasteiger partial charge in [-0.3, -0.25) is 0 Å². The average molecular weight is 1500 g/mol. The summed E-state index contributed by atoms with van der Waals surface area (Å²) in [6.45, 7) is 34.9. The van der Waals surface area contributed by atoms with Crippen molar-refractivity contribution in [2.45, 2.75) is 246 Å². The summed E-state index contributed by atoms with van der Waals surface area (Å²) in [4.78, 5) is 40.9. The molecule has 514 valence electrons. The van der Waals surface area contributed by atoms with Gasteiger partial charge < -0.3 is 13.9 Å². The Morgan fingerprint density at radius 1 is 0.774 bits per heavy atom. The van der Waals surface area contributed by atoms with Gasteiger partial charge in [0.1, 0.15) is 6.10 Å². The van der Waals surface area contributed by atoms with Crippen LogP contribution in [0.4, 0.5) is 0 Å². The Bertz CT molecular complexity index is 3150. The van der Waals surface area contributed by atoms with Crippen LogP contribution in [0.3, 0.4) is 0 Å². The second-order valence-electron chi connectivity index (χ2n) is 28.1. The van der Waals surface area contributed by atoms with E-state index in [1.165, 1.54) is 21.0 Å². The minimum Gasteiger partial charge on any atom is -0.408 e. The first-order valence-electron chi connectivity index (χ1n) is 32.6. The summed E-state index contributed by atoms with van der Waals surface area (Å²) in [6.07, 6.45) is -1.33. The van der Waals surface area contributed by atoms with E-state index < -0.39 is 134 Å². The zero-order chi connectivity index (χ0) is 68.0. The molecule has 22 heteroatoms. The number of alkyl halides is 1. The molecule has 0 bridgehead atoms. The molecule has 0 radical (unpaired) electrons. The molecule has 1 aliphatic carbocycles. The molecule has 15 atom stereocenters. The molecular formula is C71H101IO18SeSi2. The summed E-state index contributed by atoms with van der Waals surface area (Å²) < 4.78 is 101. The van der Waals surface area contributed by atoms with E-state index in [0.717, 1.165) is 42.1 Å². The van der Waals surface area contributed by atoms with Gasteiger partial charge in [-0.15, -0.1) is 0 Å². The van der Waals surface area contributed by atoms with E-state index in [4.69, 9.17) is 70.4 Å². The van der Waals surface area contributed by atoms with Crippen LogP contribution in [-0.4, -0.2) is 161 Å². The quantitative estimate of drug-likeness (QED) is 0.00842. The molecule has 0 unspecified atom stereocenters. The third kappa shape index (κ3) is 17.9. The first-order chi connectivity index (χ1) is 43.8. The van der Waals surface area contributed by atoms with Gasteiger partial charge in [0.25, 0.3) is 0 Å². The molecule has 0 amide bonds. The van der Waals surface area contributed by atoms with Crippen LogP contribution in [0.25, 0.3) is 10.8 Å². The van der Waals surface area contributed by atoms with Gasteiger partial charge in [0, 0.05) is 20.0 Å². The number of hydrogen-bond acceptors (Lipinski definition) is 18. The summed E-state index contributed by atoms with van der Waals surface area (Å²) in [7, 11) is -0.346. The number of methoxy groups -OCH3 is 3. The Balaban J connectivity index is 1.27. The molecule has 3 aliphatic heterocycles. The summed E-state index contributed by atoms with van der Waals surface area (Å²) in [5.74, 6) is -2.91. The summed E-state index contributed by atoms with van der Waals surface area (Å²) in [5, 5.41) is 0.432. The fourth-order valence-corrected chi connectivity index (χ4v) is 18.7. The number of benzene rings is 4. The number of halogens is 1. The van der Waals surface area contributed by atoms with Crippen molar-refractivity contribution in [3.8, 4) is 17.2 Å². The van der Waals surface area contributed by atoms with E-state index in [0.29, 0.717) is 10.9 Å². The monoisotopic (exact) mass is 1500 g/mol. The third-order valence-corrected chi connectivity index (χ3v) is 32.2. The number of fused-ring (bicyclic) bond motifs is 1. The number of rotatable bonds is 26. The summed E-state index contributed by atoms with van der Waals surface area (Å²) >= 11 is 1.88. The smallest absolute Gasteiger partial charge is 0.408 e. The Labute approximate surface area is 573 Å². The van der Waals surface area contributed by atoms with Crippen molar-refractivity contribution in [1.29, 1.82) is 0 Å². The van der Waals surface area contributed by atoms with E-state index in [9.17, 15) is 14.4 Å². The normalized spacial score (nSPS) is 27.0. The van der Waals surface area contributed by atoms with Crippen LogP contribution in [-0.2, 0) is 78.8 Å². The zero-order valence-electron chi connectivity index (χ0n) is 57.7.